The van der Waals surface area contributed by atoms with Crippen molar-refractivity contribution in [3.05, 3.63) is 22.5 Å². The van der Waals surface area contributed by atoms with Crippen molar-refractivity contribution in [3.8, 4) is 0 Å². The highest BCUT2D eigenvalue weighted by molar-refractivity contribution is 6.30. The fourth-order valence-electron chi connectivity index (χ4n) is 2.21. The maximum absolute atomic E-state index is 6.16. The van der Waals surface area contributed by atoms with Crippen LogP contribution in [0.1, 0.15) is 23.5 Å². The van der Waals surface area contributed by atoms with Crippen LogP contribution in [0.25, 0.3) is 0 Å². The predicted molar refractivity (Wildman–Crippen MR) is 55.4 cm³/mol. The fraction of sp³-hybridized carbons (Fsp3) is 0.600. The van der Waals surface area contributed by atoms with E-state index in [2.05, 4.69) is 11.5 Å². The molecule has 0 saturated heterocycles. The number of hydrogen-bond donors (Lipinski definition) is 1. The monoisotopic (exact) mass is 198 g/mol. The minimum Gasteiger partial charge on any atom is -0.341 e. The minimum absolute atomic E-state index is 0.665. The van der Waals surface area contributed by atoms with Crippen LogP contribution in [-0.4, -0.2) is 18.2 Å². The van der Waals surface area contributed by atoms with Gasteiger partial charge < -0.3 is 9.88 Å². The molecule has 0 bridgehead atoms. The van der Waals surface area contributed by atoms with Crippen molar-refractivity contribution in [1.82, 2.24) is 9.88 Å². The second-order valence-electron chi connectivity index (χ2n) is 3.76. The normalized spacial score (nSPS) is 20.7. The number of rotatable bonds is 2. The summed E-state index contributed by atoms with van der Waals surface area (Å²) in [5.41, 5.74) is 2.81. The van der Waals surface area contributed by atoms with E-state index in [1.54, 1.807) is 0 Å². The Balaban J connectivity index is 2.32. The Morgan fingerprint density at radius 2 is 2.46 bits per heavy atom. The van der Waals surface area contributed by atoms with E-state index in [1.165, 1.54) is 17.5 Å². The summed E-state index contributed by atoms with van der Waals surface area (Å²) >= 11 is 6.16. The zero-order valence-corrected chi connectivity index (χ0v) is 8.86. The molecule has 1 aromatic heterocycles. The van der Waals surface area contributed by atoms with E-state index in [1.807, 2.05) is 18.7 Å². The molecule has 0 radical (unpaired) electrons. The maximum atomic E-state index is 6.16. The van der Waals surface area contributed by atoms with Gasteiger partial charge in [0.2, 0.25) is 0 Å². The maximum Gasteiger partial charge on any atom is 0.112 e. The summed E-state index contributed by atoms with van der Waals surface area (Å²) in [4.78, 5) is 0. The SMILES string of the molecule is CNCC1CCc2c1cn(C)c2Cl. The lowest BCUT2D eigenvalue weighted by Gasteiger charge is -2.08. The third kappa shape index (κ3) is 1.38. The molecule has 1 aliphatic carbocycles. The van der Waals surface area contributed by atoms with Crippen molar-refractivity contribution in [2.24, 2.45) is 7.05 Å². The molecule has 13 heavy (non-hydrogen) atoms. The highest BCUT2D eigenvalue weighted by Crippen LogP contribution is 2.37. The first kappa shape index (κ1) is 9.10. The molecule has 0 saturated carbocycles. The minimum atomic E-state index is 0.665. The molecule has 0 amide bonds. The Labute approximate surface area is 83.9 Å². The van der Waals surface area contributed by atoms with Gasteiger partial charge in [0.25, 0.3) is 0 Å². The third-order valence-corrected chi connectivity index (χ3v) is 3.37. The molecule has 72 valence electrons. The molecule has 1 unspecified atom stereocenters. The van der Waals surface area contributed by atoms with E-state index >= 15 is 0 Å². The summed E-state index contributed by atoms with van der Waals surface area (Å²) in [6.07, 6.45) is 4.56. The summed E-state index contributed by atoms with van der Waals surface area (Å²) in [6.45, 7) is 1.06. The van der Waals surface area contributed by atoms with Crippen LogP contribution < -0.4 is 5.32 Å². The molecule has 1 N–H and O–H groups in total. The van der Waals surface area contributed by atoms with Gasteiger partial charge in [0.05, 0.1) is 0 Å². The van der Waals surface area contributed by atoms with Gasteiger partial charge in [0.15, 0.2) is 0 Å². The van der Waals surface area contributed by atoms with Gasteiger partial charge in [0, 0.05) is 19.8 Å². The molecule has 0 aromatic carbocycles. The second kappa shape index (κ2) is 3.35. The molecule has 2 rings (SSSR count). The lowest BCUT2D eigenvalue weighted by Crippen LogP contribution is -2.14. The topological polar surface area (TPSA) is 17.0 Å². The van der Waals surface area contributed by atoms with Crippen molar-refractivity contribution in [3.63, 3.8) is 0 Å². The van der Waals surface area contributed by atoms with Crippen LogP contribution >= 0.6 is 11.6 Å². The smallest absolute Gasteiger partial charge is 0.112 e. The van der Waals surface area contributed by atoms with E-state index in [4.69, 9.17) is 11.6 Å². The van der Waals surface area contributed by atoms with E-state index in [9.17, 15) is 0 Å². The Morgan fingerprint density at radius 1 is 1.69 bits per heavy atom. The first-order chi connectivity index (χ1) is 6.24. The largest absolute Gasteiger partial charge is 0.341 e. The number of nitrogens with zero attached hydrogens (tertiary/aromatic N) is 1. The zero-order chi connectivity index (χ0) is 9.42. The first-order valence-electron chi connectivity index (χ1n) is 4.72. The molecule has 0 fully saturated rings. The van der Waals surface area contributed by atoms with Gasteiger partial charge in [-0.05, 0) is 36.9 Å². The highest BCUT2D eigenvalue weighted by Gasteiger charge is 2.26. The quantitative estimate of drug-likeness (QED) is 0.769. The van der Waals surface area contributed by atoms with Gasteiger partial charge in [-0.25, -0.2) is 0 Å². The average molecular weight is 199 g/mol. The number of aryl methyl sites for hydroxylation is 1. The fourth-order valence-corrected chi connectivity index (χ4v) is 2.46. The van der Waals surface area contributed by atoms with Crippen molar-refractivity contribution in [2.75, 3.05) is 13.6 Å². The number of fused-ring (bicyclic) bond motifs is 1. The highest BCUT2D eigenvalue weighted by atomic mass is 35.5. The summed E-state index contributed by atoms with van der Waals surface area (Å²) in [5.74, 6) is 0.665. The van der Waals surface area contributed by atoms with Crippen molar-refractivity contribution in [1.29, 1.82) is 0 Å². The van der Waals surface area contributed by atoms with Crippen molar-refractivity contribution in [2.45, 2.75) is 18.8 Å². The van der Waals surface area contributed by atoms with Crippen molar-refractivity contribution >= 4 is 11.6 Å². The molecule has 1 aromatic rings. The summed E-state index contributed by atoms with van der Waals surface area (Å²) < 4.78 is 2.02. The summed E-state index contributed by atoms with van der Waals surface area (Å²) in [5, 5.41) is 4.15. The van der Waals surface area contributed by atoms with E-state index in [-0.39, 0.29) is 0 Å². The first-order valence-corrected chi connectivity index (χ1v) is 5.10. The molecule has 1 heterocycles. The number of aromatic nitrogens is 1. The molecular formula is C10H15ClN2. The molecule has 1 atom stereocenters. The van der Waals surface area contributed by atoms with E-state index in [0.717, 1.165) is 18.1 Å². The Bertz CT molecular complexity index is 317. The van der Waals surface area contributed by atoms with Gasteiger partial charge in [0.1, 0.15) is 5.15 Å². The number of hydrogen-bond acceptors (Lipinski definition) is 1. The number of halogens is 1. The van der Waals surface area contributed by atoms with Crippen LogP contribution in [-0.2, 0) is 13.5 Å². The van der Waals surface area contributed by atoms with E-state index < -0.39 is 0 Å². The van der Waals surface area contributed by atoms with Crippen LogP contribution in [0.3, 0.4) is 0 Å². The van der Waals surface area contributed by atoms with Crippen LogP contribution in [0, 0.1) is 0 Å². The number of likely N-dealkylation sites (N-methyl/N-ethyl adjacent to an activating group) is 1. The summed E-state index contributed by atoms with van der Waals surface area (Å²) in [7, 11) is 4.01. The van der Waals surface area contributed by atoms with Crippen LogP contribution in [0.15, 0.2) is 6.20 Å². The molecule has 1 aliphatic rings. The zero-order valence-electron chi connectivity index (χ0n) is 8.10. The predicted octanol–water partition coefficient (Wildman–Crippen LogP) is 1.93. The average Bonchev–Trinajstić information content (AvgIpc) is 2.59. The Kier molecular flexibility index (Phi) is 2.35. The second-order valence-corrected chi connectivity index (χ2v) is 4.12. The van der Waals surface area contributed by atoms with Crippen molar-refractivity contribution < 1.29 is 0 Å². The number of nitrogens with one attached hydrogen (secondary N) is 1. The third-order valence-electron chi connectivity index (χ3n) is 2.87. The lowest BCUT2D eigenvalue weighted by atomic mass is 10.1. The van der Waals surface area contributed by atoms with Gasteiger partial charge in [-0.1, -0.05) is 11.6 Å². The van der Waals surface area contributed by atoms with Gasteiger partial charge in [-0.2, -0.15) is 0 Å². The molecule has 3 heteroatoms. The Hall–Kier alpha value is -0.470. The van der Waals surface area contributed by atoms with Gasteiger partial charge in [-0.3, -0.25) is 0 Å². The van der Waals surface area contributed by atoms with Crippen LogP contribution in [0.4, 0.5) is 0 Å². The van der Waals surface area contributed by atoms with Crippen LogP contribution in [0.5, 0.6) is 0 Å². The van der Waals surface area contributed by atoms with Gasteiger partial charge in [-0.15, -0.1) is 0 Å². The lowest BCUT2D eigenvalue weighted by molar-refractivity contribution is 0.618. The summed E-state index contributed by atoms with van der Waals surface area (Å²) in [6, 6.07) is 0. The molecule has 0 aliphatic heterocycles. The standard InChI is InChI=1S/C10H15ClN2/c1-12-5-7-3-4-8-9(7)6-13(2)10(8)11/h6-7,12H,3-5H2,1-2H3. The molecule has 2 nitrogen and oxygen atoms in total. The van der Waals surface area contributed by atoms with Gasteiger partial charge >= 0.3 is 0 Å². The Morgan fingerprint density at radius 3 is 3.15 bits per heavy atom. The van der Waals surface area contributed by atoms with E-state index in [0.29, 0.717) is 5.92 Å². The van der Waals surface area contributed by atoms with Crippen LogP contribution in [0.2, 0.25) is 5.15 Å². The molecular weight excluding hydrogens is 184 g/mol. The molecule has 0 spiro atoms.